The predicted molar refractivity (Wildman–Crippen MR) is 78.4 cm³/mol. The van der Waals surface area contributed by atoms with E-state index in [1.165, 1.54) is 0 Å². The molecule has 1 aliphatic rings. The largest absolute Gasteiger partial charge is 0.368 e. The van der Waals surface area contributed by atoms with Gasteiger partial charge in [-0.2, -0.15) is 0 Å². The van der Waals surface area contributed by atoms with Crippen LogP contribution in [0.5, 0.6) is 0 Å². The lowest BCUT2D eigenvalue weighted by Crippen LogP contribution is -2.32. The molecule has 0 aromatic carbocycles. The fraction of sp³-hybridized carbons (Fsp3) is 0.714. The van der Waals surface area contributed by atoms with Crippen molar-refractivity contribution >= 4 is 5.82 Å². The van der Waals surface area contributed by atoms with Gasteiger partial charge in [-0.15, -0.1) is 0 Å². The highest BCUT2D eigenvalue weighted by atomic mass is 19.1. The van der Waals surface area contributed by atoms with E-state index in [4.69, 9.17) is 0 Å². The van der Waals surface area contributed by atoms with Crippen LogP contribution in [0, 0.1) is 12.7 Å². The monoisotopic (exact) mass is 281 g/mol. The van der Waals surface area contributed by atoms with E-state index in [9.17, 15) is 4.39 Å². The molecule has 112 valence electrons. The molecule has 0 radical (unpaired) electrons. The Bertz CT molecular complexity index is 465. The zero-order valence-electron chi connectivity index (χ0n) is 12.8. The average molecular weight is 281 g/mol. The summed E-state index contributed by atoms with van der Waals surface area (Å²) in [7, 11) is 4.19. The summed E-state index contributed by atoms with van der Waals surface area (Å²) in [5.74, 6) is 0.673. The van der Waals surface area contributed by atoms with Crippen LogP contribution in [0.3, 0.4) is 0 Å². The minimum absolute atomic E-state index is 0.110. The maximum atomic E-state index is 14.0. The van der Waals surface area contributed by atoms with Crippen LogP contribution < -0.4 is 5.32 Å². The highest BCUT2D eigenvalue weighted by molar-refractivity contribution is 5.38. The molecule has 0 spiro atoms. The van der Waals surface area contributed by atoms with Gasteiger partial charge in [-0.05, 0) is 47.5 Å². The second kappa shape index (κ2) is 6.45. The molecule has 2 heterocycles. The van der Waals surface area contributed by atoms with Gasteiger partial charge in [-0.25, -0.2) is 14.4 Å². The Morgan fingerprint density at radius 3 is 2.75 bits per heavy atom. The van der Waals surface area contributed by atoms with Gasteiger partial charge in [0.05, 0.1) is 11.7 Å². The summed E-state index contributed by atoms with van der Waals surface area (Å²) < 4.78 is 14.0. The number of nitrogens with zero attached hydrogens (tertiary/aromatic N) is 4. The summed E-state index contributed by atoms with van der Waals surface area (Å²) in [5, 5.41) is 2.98. The van der Waals surface area contributed by atoms with Gasteiger partial charge in [0.1, 0.15) is 5.82 Å². The molecule has 0 aliphatic carbocycles. The zero-order chi connectivity index (χ0) is 14.7. The molecule has 1 N–H and O–H groups in total. The Kier molecular flexibility index (Phi) is 4.88. The van der Waals surface area contributed by atoms with Gasteiger partial charge in [0, 0.05) is 13.1 Å². The minimum Gasteiger partial charge on any atom is -0.368 e. The fourth-order valence-electron chi connectivity index (χ4n) is 2.57. The number of halogens is 1. The zero-order valence-corrected chi connectivity index (χ0v) is 12.8. The Morgan fingerprint density at radius 1 is 1.30 bits per heavy atom. The molecule has 6 heteroatoms. The van der Waals surface area contributed by atoms with Crippen LogP contribution in [0.2, 0.25) is 0 Å². The first-order valence-corrected chi connectivity index (χ1v) is 7.19. The summed E-state index contributed by atoms with van der Waals surface area (Å²) in [6.45, 7) is 7.22. The Balaban J connectivity index is 2.34. The molecule has 1 aliphatic heterocycles. The maximum Gasteiger partial charge on any atom is 0.186 e. The van der Waals surface area contributed by atoms with Crippen LogP contribution in [0.4, 0.5) is 10.2 Å². The molecule has 1 fully saturated rings. The van der Waals surface area contributed by atoms with Crippen molar-refractivity contribution in [1.82, 2.24) is 19.8 Å². The van der Waals surface area contributed by atoms with E-state index < -0.39 is 0 Å². The van der Waals surface area contributed by atoms with Crippen molar-refractivity contribution < 1.29 is 4.39 Å². The molecule has 0 bridgehead atoms. The second-order valence-corrected chi connectivity index (χ2v) is 5.47. The fourth-order valence-corrected chi connectivity index (χ4v) is 2.57. The van der Waals surface area contributed by atoms with E-state index in [0.29, 0.717) is 23.9 Å². The van der Waals surface area contributed by atoms with Crippen LogP contribution in [0.25, 0.3) is 0 Å². The highest BCUT2D eigenvalue weighted by Gasteiger charge is 2.26. The first kappa shape index (κ1) is 15.1. The molecular weight excluding hydrogens is 257 g/mol. The van der Waals surface area contributed by atoms with Gasteiger partial charge in [-0.3, -0.25) is 4.90 Å². The van der Waals surface area contributed by atoms with Crippen LogP contribution in [0.1, 0.15) is 30.9 Å². The average Bonchev–Trinajstić information content (AvgIpc) is 2.57. The summed E-state index contributed by atoms with van der Waals surface area (Å²) in [5.41, 5.74) is 0.409. The lowest BCUT2D eigenvalue weighted by Gasteiger charge is -2.26. The standard InChI is InChI=1S/C14H24FN5/c1-5-16-14-12(15)10(2)17-13(18-14)11-9-19(3)7-6-8-20(11)4/h11H,5-9H2,1-4H3,(H,16,17,18). The first-order valence-electron chi connectivity index (χ1n) is 7.19. The third kappa shape index (κ3) is 3.24. The molecule has 0 amide bonds. The molecule has 1 aromatic rings. The van der Waals surface area contributed by atoms with Crippen LogP contribution in [0.15, 0.2) is 0 Å². The summed E-state index contributed by atoms with van der Waals surface area (Å²) in [6, 6.07) is 0.110. The molecule has 20 heavy (non-hydrogen) atoms. The number of hydrogen-bond acceptors (Lipinski definition) is 5. The summed E-state index contributed by atoms with van der Waals surface area (Å²) in [4.78, 5) is 13.3. The quantitative estimate of drug-likeness (QED) is 0.913. The van der Waals surface area contributed by atoms with Gasteiger partial charge >= 0.3 is 0 Å². The molecule has 0 saturated carbocycles. The van der Waals surface area contributed by atoms with Crippen LogP contribution in [-0.4, -0.2) is 60.0 Å². The van der Waals surface area contributed by atoms with Crippen molar-refractivity contribution in [3.05, 3.63) is 17.3 Å². The van der Waals surface area contributed by atoms with E-state index in [2.05, 4.69) is 39.2 Å². The van der Waals surface area contributed by atoms with Gasteiger partial charge < -0.3 is 10.2 Å². The van der Waals surface area contributed by atoms with Gasteiger partial charge in [0.15, 0.2) is 11.6 Å². The normalized spacial score (nSPS) is 21.8. The number of hydrogen-bond donors (Lipinski definition) is 1. The minimum atomic E-state index is -0.347. The van der Waals surface area contributed by atoms with E-state index in [1.807, 2.05) is 6.92 Å². The van der Waals surface area contributed by atoms with Crippen molar-refractivity contribution in [3.8, 4) is 0 Å². The number of likely N-dealkylation sites (N-methyl/N-ethyl adjacent to an activating group) is 2. The molecular formula is C14H24FN5. The van der Waals surface area contributed by atoms with Gasteiger partial charge in [0.25, 0.3) is 0 Å². The van der Waals surface area contributed by atoms with E-state index in [0.717, 1.165) is 26.1 Å². The third-order valence-electron chi connectivity index (χ3n) is 3.74. The van der Waals surface area contributed by atoms with Crippen molar-refractivity contribution in [2.45, 2.75) is 26.3 Å². The lowest BCUT2D eigenvalue weighted by molar-refractivity contribution is 0.219. The van der Waals surface area contributed by atoms with Crippen molar-refractivity contribution in [3.63, 3.8) is 0 Å². The van der Waals surface area contributed by atoms with Crippen molar-refractivity contribution in [2.24, 2.45) is 0 Å². The SMILES string of the molecule is CCNc1nc(C2CN(C)CCCN2C)nc(C)c1F. The van der Waals surface area contributed by atoms with Crippen molar-refractivity contribution in [2.75, 3.05) is 45.6 Å². The van der Waals surface area contributed by atoms with Crippen LogP contribution in [-0.2, 0) is 0 Å². The predicted octanol–water partition coefficient (Wildman–Crippen LogP) is 1.66. The number of nitrogens with one attached hydrogen (secondary N) is 1. The summed E-state index contributed by atoms with van der Waals surface area (Å²) >= 11 is 0. The molecule has 5 nitrogen and oxygen atoms in total. The van der Waals surface area contributed by atoms with Crippen LogP contribution >= 0.6 is 0 Å². The number of aromatic nitrogens is 2. The van der Waals surface area contributed by atoms with E-state index in [1.54, 1.807) is 6.92 Å². The summed E-state index contributed by atoms with van der Waals surface area (Å²) in [6.07, 6.45) is 1.13. The number of aryl methyl sites for hydroxylation is 1. The molecule has 1 aromatic heterocycles. The topological polar surface area (TPSA) is 44.3 Å². The maximum absolute atomic E-state index is 14.0. The Hall–Kier alpha value is -1.27. The van der Waals surface area contributed by atoms with Gasteiger partial charge in [0.2, 0.25) is 0 Å². The Morgan fingerprint density at radius 2 is 2.05 bits per heavy atom. The highest BCUT2D eigenvalue weighted by Crippen LogP contribution is 2.23. The molecule has 1 saturated heterocycles. The number of rotatable bonds is 3. The Labute approximate surface area is 120 Å². The van der Waals surface area contributed by atoms with E-state index in [-0.39, 0.29) is 11.9 Å². The first-order chi connectivity index (χ1) is 9.52. The van der Waals surface area contributed by atoms with E-state index >= 15 is 0 Å². The smallest absolute Gasteiger partial charge is 0.186 e. The molecule has 2 rings (SSSR count). The molecule has 1 atom stereocenters. The lowest BCUT2D eigenvalue weighted by atomic mass is 10.2. The number of anilines is 1. The van der Waals surface area contributed by atoms with Gasteiger partial charge in [-0.1, -0.05) is 0 Å². The third-order valence-corrected chi connectivity index (χ3v) is 3.74. The molecule has 1 unspecified atom stereocenters. The van der Waals surface area contributed by atoms with Crippen molar-refractivity contribution in [1.29, 1.82) is 0 Å². The second-order valence-electron chi connectivity index (χ2n) is 5.47.